The third-order valence-electron chi connectivity index (χ3n) is 2.70. The Kier molecular flexibility index (Phi) is 3.91. The van der Waals surface area contributed by atoms with Crippen LogP contribution in [0.4, 0.5) is 4.39 Å². The molecule has 1 heterocycles. The van der Waals surface area contributed by atoms with Crippen molar-refractivity contribution < 1.29 is 14.3 Å². The summed E-state index contributed by atoms with van der Waals surface area (Å²) in [5, 5.41) is 12.4. The molecule has 2 unspecified atom stereocenters. The van der Waals surface area contributed by atoms with Gasteiger partial charge in [0.1, 0.15) is 11.9 Å². The van der Waals surface area contributed by atoms with E-state index in [0.29, 0.717) is 0 Å². The highest BCUT2D eigenvalue weighted by Gasteiger charge is 2.42. The number of carbonyl (C=O) groups excluding carboxylic acids is 1. The molecule has 0 aromatic carbocycles. The summed E-state index contributed by atoms with van der Waals surface area (Å²) in [5.41, 5.74) is -0.735. The fourth-order valence-corrected chi connectivity index (χ4v) is 1.70. The van der Waals surface area contributed by atoms with E-state index in [2.05, 4.69) is 11.9 Å². The molecule has 1 aliphatic rings. The fraction of sp³-hybridized carbons (Fsp3) is 0.727. The average Bonchev–Trinajstić information content (AvgIpc) is 2.48. The highest BCUT2D eigenvalue weighted by atomic mass is 19.1. The molecule has 1 saturated heterocycles. The number of nitrogens with one attached hydrogen (secondary N) is 1. The minimum Gasteiger partial charge on any atom is -0.380 e. The van der Waals surface area contributed by atoms with Gasteiger partial charge in [-0.3, -0.25) is 4.79 Å². The number of allylic oxidation sites excluding steroid dienone is 1. The Hall–Kier alpha value is -1.10. The molecule has 0 aromatic rings. The topological polar surface area (TPSA) is 52.6 Å². The Bertz CT molecular complexity index is 292. The van der Waals surface area contributed by atoms with Gasteiger partial charge in [-0.25, -0.2) is 4.39 Å². The van der Waals surface area contributed by atoms with Gasteiger partial charge in [0.05, 0.1) is 13.1 Å². The van der Waals surface area contributed by atoms with Crippen molar-refractivity contribution in [2.24, 2.45) is 0 Å². The Balaban J connectivity index is 2.46. The van der Waals surface area contributed by atoms with Crippen LogP contribution in [-0.4, -0.2) is 40.9 Å². The van der Waals surface area contributed by atoms with Gasteiger partial charge >= 0.3 is 0 Å². The van der Waals surface area contributed by atoms with Gasteiger partial charge in [-0.05, 0) is 13.3 Å². The predicted octanol–water partition coefficient (Wildman–Crippen LogP) is 0.779. The van der Waals surface area contributed by atoms with E-state index in [1.165, 1.54) is 6.92 Å². The summed E-state index contributed by atoms with van der Waals surface area (Å²) in [6.45, 7) is 7.02. The molecule has 92 valence electrons. The molecule has 0 spiro atoms. The van der Waals surface area contributed by atoms with Gasteiger partial charge in [-0.1, -0.05) is 13.5 Å². The number of likely N-dealkylation sites (tertiary alicyclic amines) is 1. The summed E-state index contributed by atoms with van der Waals surface area (Å²) in [4.78, 5) is 12.8. The SMILES string of the molecule is C=C(CC)NCC(=O)N1CC(C)(F)CC1O. The van der Waals surface area contributed by atoms with E-state index in [1.54, 1.807) is 0 Å². The maximum Gasteiger partial charge on any atom is 0.243 e. The molecule has 0 aromatic heterocycles. The maximum absolute atomic E-state index is 13.5. The molecule has 0 aliphatic carbocycles. The zero-order valence-corrected chi connectivity index (χ0v) is 9.79. The molecule has 2 N–H and O–H groups in total. The molecule has 1 rings (SSSR count). The first-order chi connectivity index (χ1) is 7.35. The first-order valence-corrected chi connectivity index (χ1v) is 5.44. The number of alkyl halides is 1. The number of halogens is 1. The minimum atomic E-state index is -1.49. The van der Waals surface area contributed by atoms with Crippen LogP contribution in [0.5, 0.6) is 0 Å². The van der Waals surface area contributed by atoms with Gasteiger partial charge < -0.3 is 15.3 Å². The lowest BCUT2D eigenvalue weighted by Crippen LogP contribution is -2.41. The second kappa shape index (κ2) is 4.82. The number of hydrogen-bond donors (Lipinski definition) is 2. The van der Waals surface area contributed by atoms with E-state index in [4.69, 9.17) is 0 Å². The Labute approximate surface area is 95.1 Å². The number of amides is 1. The monoisotopic (exact) mass is 230 g/mol. The van der Waals surface area contributed by atoms with Gasteiger partial charge in [0.15, 0.2) is 0 Å². The Morgan fingerprint density at radius 1 is 1.75 bits per heavy atom. The van der Waals surface area contributed by atoms with Crippen molar-refractivity contribution in [3.63, 3.8) is 0 Å². The van der Waals surface area contributed by atoms with E-state index in [9.17, 15) is 14.3 Å². The predicted molar refractivity (Wildman–Crippen MR) is 59.3 cm³/mol. The molecular weight excluding hydrogens is 211 g/mol. The number of aliphatic hydroxyl groups excluding tert-OH is 1. The van der Waals surface area contributed by atoms with Gasteiger partial charge in [0.25, 0.3) is 0 Å². The van der Waals surface area contributed by atoms with Crippen molar-refractivity contribution in [1.29, 1.82) is 0 Å². The zero-order chi connectivity index (χ0) is 12.3. The van der Waals surface area contributed by atoms with Crippen LogP contribution in [0.3, 0.4) is 0 Å². The quantitative estimate of drug-likeness (QED) is 0.750. The highest BCUT2D eigenvalue weighted by molar-refractivity contribution is 5.79. The van der Waals surface area contributed by atoms with Gasteiger partial charge in [-0.15, -0.1) is 0 Å². The third-order valence-corrected chi connectivity index (χ3v) is 2.70. The van der Waals surface area contributed by atoms with E-state index >= 15 is 0 Å². The Morgan fingerprint density at radius 2 is 2.38 bits per heavy atom. The molecule has 16 heavy (non-hydrogen) atoms. The number of nitrogens with zero attached hydrogens (tertiary/aromatic N) is 1. The summed E-state index contributed by atoms with van der Waals surface area (Å²) in [5.74, 6) is -0.302. The summed E-state index contributed by atoms with van der Waals surface area (Å²) < 4.78 is 13.5. The van der Waals surface area contributed by atoms with Crippen molar-refractivity contribution in [2.45, 2.75) is 38.6 Å². The van der Waals surface area contributed by atoms with E-state index in [0.717, 1.165) is 17.0 Å². The van der Waals surface area contributed by atoms with E-state index < -0.39 is 11.9 Å². The first kappa shape index (κ1) is 13.0. The van der Waals surface area contributed by atoms with Crippen LogP contribution in [-0.2, 0) is 4.79 Å². The van der Waals surface area contributed by atoms with Gasteiger partial charge in [-0.2, -0.15) is 0 Å². The standard InChI is InChI=1S/C11H19FN2O2/c1-4-8(2)13-6-10(16)14-7-11(3,12)5-9(14)15/h9,13,15H,2,4-7H2,1,3H3. The van der Waals surface area contributed by atoms with Crippen molar-refractivity contribution >= 4 is 5.91 Å². The van der Waals surface area contributed by atoms with E-state index in [1.807, 2.05) is 6.92 Å². The fourth-order valence-electron chi connectivity index (χ4n) is 1.70. The molecule has 5 heteroatoms. The molecule has 0 bridgehead atoms. The largest absolute Gasteiger partial charge is 0.380 e. The lowest BCUT2D eigenvalue weighted by atomic mass is 10.1. The van der Waals surface area contributed by atoms with Crippen LogP contribution >= 0.6 is 0 Å². The number of hydrogen-bond acceptors (Lipinski definition) is 3. The molecule has 0 saturated carbocycles. The van der Waals surface area contributed by atoms with Crippen molar-refractivity contribution in [3.05, 3.63) is 12.3 Å². The molecule has 1 amide bonds. The molecule has 0 radical (unpaired) electrons. The van der Waals surface area contributed by atoms with Crippen LogP contribution < -0.4 is 5.32 Å². The van der Waals surface area contributed by atoms with Gasteiger partial charge in [0.2, 0.25) is 5.91 Å². The molecular formula is C11H19FN2O2. The van der Waals surface area contributed by atoms with Crippen LogP contribution in [0.1, 0.15) is 26.7 Å². The first-order valence-electron chi connectivity index (χ1n) is 5.44. The van der Waals surface area contributed by atoms with Crippen LogP contribution in [0, 0.1) is 0 Å². The molecule has 1 fully saturated rings. The summed E-state index contributed by atoms with van der Waals surface area (Å²) in [6, 6.07) is 0. The highest BCUT2D eigenvalue weighted by Crippen LogP contribution is 2.28. The third kappa shape index (κ3) is 3.20. The molecule has 4 nitrogen and oxygen atoms in total. The zero-order valence-electron chi connectivity index (χ0n) is 9.79. The second-order valence-corrected chi connectivity index (χ2v) is 4.43. The number of carbonyl (C=O) groups is 1. The normalized spacial score (nSPS) is 29.2. The van der Waals surface area contributed by atoms with E-state index in [-0.39, 0.29) is 25.4 Å². The summed E-state index contributed by atoms with van der Waals surface area (Å²) in [7, 11) is 0. The number of rotatable bonds is 4. The van der Waals surface area contributed by atoms with Crippen molar-refractivity contribution in [3.8, 4) is 0 Å². The van der Waals surface area contributed by atoms with Gasteiger partial charge in [0, 0.05) is 12.1 Å². The summed E-state index contributed by atoms with van der Waals surface area (Å²) in [6.07, 6.45) is -0.302. The average molecular weight is 230 g/mol. The van der Waals surface area contributed by atoms with Crippen LogP contribution in [0.25, 0.3) is 0 Å². The van der Waals surface area contributed by atoms with Crippen molar-refractivity contribution in [1.82, 2.24) is 10.2 Å². The van der Waals surface area contributed by atoms with Crippen molar-refractivity contribution in [2.75, 3.05) is 13.1 Å². The minimum absolute atomic E-state index is 0.0204. The lowest BCUT2D eigenvalue weighted by molar-refractivity contribution is -0.136. The Morgan fingerprint density at radius 3 is 2.81 bits per heavy atom. The van der Waals surface area contributed by atoms with Crippen LogP contribution in [0.15, 0.2) is 12.3 Å². The van der Waals surface area contributed by atoms with Crippen LogP contribution in [0.2, 0.25) is 0 Å². The molecule has 2 atom stereocenters. The second-order valence-electron chi connectivity index (χ2n) is 4.43. The maximum atomic E-state index is 13.5. The smallest absolute Gasteiger partial charge is 0.243 e. The summed E-state index contributed by atoms with van der Waals surface area (Å²) >= 11 is 0. The molecule has 1 aliphatic heterocycles. The lowest BCUT2D eigenvalue weighted by Gasteiger charge is -2.21. The number of aliphatic hydroxyl groups is 1.